The van der Waals surface area contributed by atoms with Crippen LogP contribution in [0.2, 0.25) is 15.1 Å². The van der Waals surface area contributed by atoms with E-state index in [1.807, 2.05) is 0 Å². The standard InChI is InChI=1S/C14H6BrCl3N2O3S2/c15-8-3-19-14(25-8)20-9(21)4-23-13(22)12-11(18)10-6(17)1-5(16)2-7(10)24-12/h1-3H,4H2,(H,19,20,21). The molecule has 1 N–H and O–H groups in total. The van der Waals surface area contributed by atoms with Crippen molar-refractivity contribution < 1.29 is 14.3 Å². The van der Waals surface area contributed by atoms with Crippen LogP contribution in [0.3, 0.4) is 0 Å². The van der Waals surface area contributed by atoms with Gasteiger partial charge in [0.15, 0.2) is 11.7 Å². The Hall–Kier alpha value is -0.900. The Morgan fingerprint density at radius 3 is 2.68 bits per heavy atom. The van der Waals surface area contributed by atoms with E-state index in [1.54, 1.807) is 18.3 Å². The molecule has 1 aromatic carbocycles. The van der Waals surface area contributed by atoms with Crippen molar-refractivity contribution in [2.24, 2.45) is 0 Å². The second-order valence-corrected chi connectivity index (χ2v) is 9.28. The number of hydrogen-bond acceptors (Lipinski definition) is 6. The highest BCUT2D eigenvalue weighted by molar-refractivity contribution is 9.11. The number of carbonyl (C=O) groups is 2. The summed E-state index contributed by atoms with van der Waals surface area (Å²) in [5.41, 5.74) is 0. The van der Waals surface area contributed by atoms with E-state index >= 15 is 0 Å². The minimum Gasteiger partial charge on any atom is -0.451 e. The number of anilines is 1. The normalized spacial score (nSPS) is 10.9. The summed E-state index contributed by atoms with van der Waals surface area (Å²) < 4.78 is 6.44. The fraction of sp³-hybridized carbons (Fsp3) is 0.0714. The SMILES string of the molecule is O=C(COC(=O)c1sc2cc(Cl)cc(Cl)c2c1Cl)Nc1ncc(Br)s1. The van der Waals surface area contributed by atoms with Crippen LogP contribution in [-0.4, -0.2) is 23.5 Å². The van der Waals surface area contributed by atoms with Crippen LogP contribution in [0.4, 0.5) is 5.13 Å². The molecule has 0 saturated heterocycles. The first-order chi connectivity index (χ1) is 11.8. The molecule has 0 spiro atoms. The van der Waals surface area contributed by atoms with Crippen molar-refractivity contribution in [3.8, 4) is 0 Å². The van der Waals surface area contributed by atoms with Crippen molar-refractivity contribution in [1.82, 2.24) is 4.98 Å². The molecule has 130 valence electrons. The van der Waals surface area contributed by atoms with Gasteiger partial charge in [-0.05, 0) is 28.1 Å². The lowest BCUT2D eigenvalue weighted by Crippen LogP contribution is -2.20. The Morgan fingerprint density at radius 1 is 1.24 bits per heavy atom. The maximum absolute atomic E-state index is 12.2. The highest BCUT2D eigenvalue weighted by Gasteiger charge is 2.21. The third-order valence-electron chi connectivity index (χ3n) is 2.89. The molecule has 0 radical (unpaired) electrons. The van der Waals surface area contributed by atoms with E-state index in [0.29, 0.717) is 25.3 Å². The van der Waals surface area contributed by atoms with Gasteiger partial charge in [0.05, 0.1) is 20.0 Å². The molecule has 1 amide bonds. The Labute approximate surface area is 173 Å². The maximum atomic E-state index is 12.2. The Bertz CT molecular complexity index is 989. The summed E-state index contributed by atoms with van der Waals surface area (Å²) >= 11 is 23.9. The average molecular weight is 501 g/mol. The number of esters is 1. The molecule has 2 aromatic heterocycles. The number of thiophene rings is 1. The number of rotatable bonds is 4. The van der Waals surface area contributed by atoms with Crippen molar-refractivity contribution in [3.05, 3.63) is 42.1 Å². The molecule has 0 aliphatic heterocycles. The van der Waals surface area contributed by atoms with Gasteiger partial charge in [-0.3, -0.25) is 10.1 Å². The second-order valence-electron chi connectivity index (χ2n) is 4.60. The van der Waals surface area contributed by atoms with Gasteiger partial charge in [-0.2, -0.15) is 0 Å². The summed E-state index contributed by atoms with van der Waals surface area (Å²) in [6.45, 7) is -0.463. The molecular formula is C14H6BrCl3N2O3S2. The average Bonchev–Trinajstić information content (AvgIpc) is 3.08. The molecule has 0 aliphatic rings. The molecular weight excluding hydrogens is 495 g/mol. The molecule has 3 rings (SSSR count). The van der Waals surface area contributed by atoms with Gasteiger partial charge in [0.1, 0.15) is 4.88 Å². The van der Waals surface area contributed by atoms with E-state index < -0.39 is 18.5 Å². The van der Waals surface area contributed by atoms with E-state index in [4.69, 9.17) is 39.5 Å². The lowest BCUT2D eigenvalue weighted by molar-refractivity contribution is -0.119. The van der Waals surface area contributed by atoms with Gasteiger partial charge in [-0.15, -0.1) is 11.3 Å². The van der Waals surface area contributed by atoms with Crippen LogP contribution >= 0.6 is 73.4 Å². The van der Waals surface area contributed by atoms with Crippen LogP contribution in [0.15, 0.2) is 22.1 Å². The smallest absolute Gasteiger partial charge is 0.350 e. The summed E-state index contributed by atoms with van der Waals surface area (Å²) in [5.74, 6) is -1.22. The molecule has 3 aromatic rings. The van der Waals surface area contributed by atoms with E-state index in [0.717, 1.165) is 15.1 Å². The lowest BCUT2D eigenvalue weighted by Gasteiger charge is -2.03. The zero-order valence-electron chi connectivity index (χ0n) is 11.9. The summed E-state index contributed by atoms with van der Waals surface area (Å²) in [5, 5.41) is 4.40. The molecule has 11 heteroatoms. The molecule has 0 aliphatic carbocycles. The van der Waals surface area contributed by atoms with Crippen molar-refractivity contribution >= 4 is 101 Å². The van der Waals surface area contributed by atoms with Gasteiger partial charge < -0.3 is 4.74 Å². The zero-order valence-corrected chi connectivity index (χ0v) is 17.4. The summed E-state index contributed by atoms with van der Waals surface area (Å²) in [7, 11) is 0. The van der Waals surface area contributed by atoms with Crippen molar-refractivity contribution in [2.75, 3.05) is 11.9 Å². The number of fused-ring (bicyclic) bond motifs is 1. The fourth-order valence-electron chi connectivity index (χ4n) is 1.91. The van der Waals surface area contributed by atoms with Gasteiger partial charge in [-0.1, -0.05) is 46.1 Å². The highest BCUT2D eigenvalue weighted by Crippen LogP contribution is 2.41. The number of carbonyl (C=O) groups excluding carboxylic acids is 2. The van der Waals surface area contributed by atoms with E-state index in [2.05, 4.69) is 26.2 Å². The number of amides is 1. The number of nitrogens with zero attached hydrogens (tertiary/aromatic N) is 1. The third-order valence-corrected chi connectivity index (χ3v) is 6.41. The predicted octanol–water partition coefficient (Wildman–Crippen LogP) is 5.88. The number of aromatic nitrogens is 1. The largest absolute Gasteiger partial charge is 0.451 e. The summed E-state index contributed by atoms with van der Waals surface area (Å²) in [6, 6.07) is 3.20. The first kappa shape index (κ1) is 18.9. The topological polar surface area (TPSA) is 68.3 Å². The number of benzene rings is 1. The Morgan fingerprint density at radius 2 is 2.00 bits per heavy atom. The molecule has 0 atom stereocenters. The molecule has 0 fully saturated rings. The second kappa shape index (κ2) is 7.77. The first-order valence-electron chi connectivity index (χ1n) is 6.50. The minimum atomic E-state index is -0.714. The fourth-order valence-corrected chi connectivity index (χ4v) is 5.29. The van der Waals surface area contributed by atoms with Crippen LogP contribution in [0.25, 0.3) is 10.1 Å². The van der Waals surface area contributed by atoms with Crippen LogP contribution in [-0.2, 0) is 9.53 Å². The molecule has 25 heavy (non-hydrogen) atoms. The van der Waals surface area contributed by atoms with E-state index in [-0.39, 0.29) is 9.90 Å². The maximum Gasteiger partial charge on any atom is 0.350 e. The van der Waals surface area contributed by atoms with Crippen molar-refractivity contribution in [1.29, 1.82) is 0 Å². The van der Waals surface area contributed by atoms with E-state index in [9.17, 15) is 9.59 Å². The third kappa shape index (κ3) is 4.27. The number of hydrogen-bond donors (Lipinski definition) is 1. The molecule has 0 bridgehead atoms. The van der Waals surface area contributed by atoms with Crippen LogP contribution in [0.5, 0.6) is 0 Å². The number of thiazole rings is 1. The molecule has 5 nitrogen and oxygen atoms in total. The summed E-state index contributed by atoms with van der Waals surface area (Å²) in [4.78, 5) is 28.1. The van der Waals surface area contributed by atoms with Gasteiger partial charge in [0.25, 0.3) is 5.91 Å². The zero-order chi connectivity index (χ0) is 18.1. The predicted molar refractivity (Wildman–Crippen MR) is 106 cm³/mol. The van der Waals surface area contributed by atoms with Crippen LogP contribution < -0.4 is 5.32 Å². The molecule has 0 unspecified atom stereocenters. The van der Waals surface area contributed by atoms with Crippen molar-refractivity contribution in [2.45, 2.75) is 0 Å². The van der Waals surface area contributed by atoms with Gasteiger partial charge in [0, 0.05) is 15.1 Å². The van der Waals surface area contributed by atoms with Crippen molar-refractivity contribution in [3.63, 3.8) is 0 Å². The number of nitrogens with one attached hydrogen (secondary N) is 1. The van der Waals surface area contributed by atoms with Gasteiger partial charge >= 0.3 is 5.97 Å². The van der Waals surface area contributed by atoms with Gasteiger partial charge in [0.2, 0.25) is 0 Å². The number of ether oxygens (including phenoxy) is 1. The monoisotopic (exact) mass is 498 g/mol. The first-order valence-corrected chi connectivity index (χ1v) is 10.1. The lowest BCUT2D eigenvalue weighted by atomic mass is 10.2. The van der Waals surface area contributed by atoms with E-state index in [1.165, 1.54) is 11.3 Å². The summed E-state index contributed by atoms with van der Waals surface area (Å²) in [6.07, 6.45) is 1.55. The van der Waals surface area contributed by atoms with Crippen LogP contribution in [0.1, 0.15) is 9.67 Å². The Balaban J connectivity index is 1.71. The van der Waals surface area contributed by atoms with Crippen LogP contribution in [0, 0.1) is 0 Å². The van der Waals surface area contributed by atoms with Gasteiger partial charge in [-0.25, -0.2) is 9.78 Å². The highest BCUT2D eigenvalue weighted by atomic mass is 79.9. The minimum absolute atomic E-state index is 0.158. The Kier molecular flexibility index (Phi) is 5.87. The number of halogens is 4. The molecule has 2 heterocycles. The molecule has 0 saturated carbocycles. The quantitative estimate of drug-likeness (QED) is 0.455.